The molecule has 0 bridgehead atoms. The van der Waals surface area contributed by atoms with Crippen molar-refractivity contribution in [3.63, 3.8) is 0 Å². The van der Waals surface area contributed by atoms with Crippen molar-refractivity contribution in [1.29, 1.82) is 0 Å². The van der Waals surface area contributed by atoms with E-state index in [1.54, 1.807) is 0 Å². The molecule has 0 unspecified atom stereocenters. The van der Waals surface area contributed by atoms with Crippen LogP contribution in [0.3, 0.4) is 0 Å². The van der Waals surface area contributed by atoms with E-state index in [2.05, 4.69) is 6.92 Å². The molecular weight excluding hydrogens is 264 g/mol. The van der Waals surface area contributed by atoms with E-state index in [0.29, 0.717) is 13.0 Å². The molecule has 1 rings (SSSR count). The monoisotopic (exact) mass is 286 g/mol. The van der Waals surface area contributed by atoms with Crippen molar-refractivity contribution in [3.8, 4) is 5.75 Å². The van der Waals surface area contributed by atoms with Gasteiger partial charge in [-0.15, -0.1) is 0 Å². The van der Waals surface area contributed by atoms with Crippen LogP contribution in [0.1, 0.15) is 38.2 Å². The molecule has 1 N–H and O–H groups in total. The van der Waals surface area contributed by atoms with E-state index < -0.39 is 10.1 Å². The van der Waals surface area contributed by atoms with Crippen LogP contribution in [0, 0.1) is 0 Å². The fourth-order valence-corrected chi connectivity index (χ4v) is 2.25. The maximum Gasteiger partial charge on any atom is 0.265 e. The largest absolute Gasteiger partial charge is 0.494 e. The van der Waals surface area contributed by atoms with E-state index in [1.807, 2.05) is 24.3 Å². The van der Waals surface area contributed by atoms with E-state index in [0.717, 1.165) is 17.7 Å². The van der Waals surface area contributed by atoms with Crippen molar-refractivity contribution in [2.45, 2.75) is 39.0 Å². The Kier molecular flexibility index (Phi) is 6.87. The van der Waals surface area contributed by atoms with Crippen LogP contribution in [0.5, 0.6) is 5.75 Å². The Morgan fingerprint density at radius 1 is 1.21 bits per heavy atom. The Labute approximate surface area is 115 Å². The zero-order valence-electron chi connectivity index (χ0n) is 11.3. The third-order valence-electron chi connectivity index (χ3n) is 2.81. The summed E-state index contributed by atoms with van der Waals surface area (Å²) >= 11 is 0. The van der Waals surface area contributed by atoms with Gasteiger partial charge in [-0.05, 0) is 30.5 Å². The van der Waals surface area contributed by atoms with Crippen LogP contribution in [0.15, 0.2) is 24.3 Å². The first-order valence-corrected chi connectivity index (χ1v) is 8.29. The highest BCUT2D eigenvalue weighted by atomic mass is 32.2. The van der Waals surface area contributed by atoms with Gasteiger partial charge in [0.1, 0.15) is 5.75 Å². The van der Waals surface area contributed by atoms with Crippen LogP contribution < -0.4 is 4.74 Å². The van der Waals surface area contributed by atoms with Crippen LogP contribution in [-0.4, -0.2) is 25.3 Å². The Bertz CT molecular complexity index is 468. The van der Waals surface area contributed by atoms with E-state index >= 15 is 0 Å². The molecule has 19 heavy (non-hydrogen) atoms. The Morgan fingerprint density at radius 2 is 2.00 bits per heavy atom. The SMILES string of the molecule is CCCCCCOc1cccc(CCS(=O)(=O)O)c1. The van der Waals surface area contributed by atoms with Crippen molar-refractivity contribution >= 4 is 10.1 Å². The van der Waals surface area contributed by atoms with Crippen LogP contribution in [-0.2, 0) is 16.5 Å². The normalized spacial score (nSPS) is 11.5. The summed E-state index contributed by atoms with van der Waals surface area (Å²) in [5.41, 5.74) is 0.851. The number of rotatable bonds is 9. The van der Waals surface area contributed by atoms with Crippen molar-refractivity contribution in [3.05, 3.63) is 29.8 Å². The fraction of sp³-hybridized carbons (Fsp3) is 0.571. The highest BCUT2D eigenvalue weighted by molar-refractivity contribution is 7.85. The molecule has 108 valence electrons. The third kappa shape index (κ3) is 7.85. The van der Waals surface area contributed by atoms with Gasteiger partial charge in [0.15, 0.2) is 0 Å². The lowest BCUT2D eigenvalue weighted by atomic mass is 10.1. The molecule has 0 radical (unpaired) electrons. The average Bonchev–Trinajstić information content (AvgIpc) is 2.36. The molecule has 0 amide bonds. The van der Waals surface area contributed by atoms with Gasteiger partial charge < -0.3 is 4.74 Å². The summed E-state index contributed by atoms with van der Waals surface area (Å²) in [6.07, 6.45) is 4.91. The third-order valence-corrected chi connectivity index (χ3v) is 3.53. The number of unbranched alkanes of at least 4 members (excludes halogenated alkanes) is 3. The lowest BCUT2D eigenvalue weighted by Gasteiger charge is -2.07. The summed E-state index contributed by atoms with van der Waals surface area (Å²) in [5, 5.41) is 0. The zero-order chi connectivity index (χ0) is 14.1. The number of benzene rings is 1. The van der Waals surface area contributed by atoms with Crippen molar-refractivity contribution in [1.82, 2.24) is 0 Å². The van der Waals surface area contributed by atoms with Crippen LogP contribution >= 0.6 is 0 Å². The minimum atomic E-state index is -3.90. The quantitative estimate of drug-likeness (QED) is 0.559. The van der Waals surface area contributed by atoms with Gasteiger partial charge in [0, 0.05) is 0 Å². The van der Waals surface area contributed by atoms with E-state index in [1.165, 1.54) is 19.3 Å². The number of ether oxygens (including phenoxy) is 1. The smallest absolute Gasteiger partial charge is 0.265 e. The first-order chi connectivity index (χ1) is 9.01. The highest BCUT2D eigenvalue weighted by Gasteiger charge is 2.05. The molecule has 0 atom stereocenters. The predicted octanol–water partition coefficient (Wildman–Crippen LogP) is 3.08. The number of hydrogen-bond donors (Lipinski definition) is 1. The van der Waals surface area contributed by atoms with Crippen LogP contribution in [0.25, 0.3) is 0 Å². The van der Waals surface area contributed by atoms with Gasteiger partial charge in [0.25, 0.3) is 10.1 Å². The second-order valence-electron chi connectivity index (χ2n) is 4.59. The van der Waals surface area contributed by atoms with Crippen molar-refractivity contribution < 1.29 is 17.7 Å². The standard InChI is InChI=1S/C14H22O4S/c1-2-3-4-5-10-18-14-8-6-7-13(12-14)9-11-19(15,16)17/h6-8,12H,2-5,9-11H2,1H3,(H,15,16,17). The highest BCUT2D eigenvalue weighted by Crippen LogP contribution is 2.15. The molecule has 0 spiro atoms. The molecule has 0 heterocycles. The summed E-state index contributed by atoms with van der Waals surface area (Å²) in [4.78, 5) is 0. The molecule has 1 aromatic rings. The molecule has 0 saturated carbocycles. The summed E-state index contributed by atoms with van der Waals surface area (Å²) in [6, 6.07) is 7.34. The zero-order valence-corrected chi connectivity index (χ0v) is 12.2. The minimum absolute atomic E-state index is 0.257. The van der Waals surface area contributed by atoms with Gasteiger partial charge in [0.05, 0.1) is 12.4 Å². The van der Waals surface area contributed by atoms with Crippen molar-refractivity contribution in [2.24, 2.45) is 0 Å². The van der Waals surface area contributed by atoms with E-state index in [9.17, 15) is 8.42 Å². The Balaban J connectivity index is 2.39. The molecule has 5 heteroatoms. The van der Waals surface area contributed by atoms with Gasteiger partial charge in [-0.3, -0.25) is 4.55 Å². The summed E-state index contributed by atoms with van der Waals surface area (Å²) in [7, 11) is -3.90. The van der Waals surface area contributed by atoms with Crippen LogP contribution in [0.2, 0.25) is 0 Å². The van der Waals surface area contributed by atoms with Crippen LogP contribution in [0.4, 0.5) is 0 Å². The topological polar surface area (TPSA) is 63.6 Å². The lowest BCUT2D eigenvalue weighted by molar-refractivity contribution is 0.305. The second-order valence-corrected chi connectivity index (χ2v) is 6.16. The van der Waals surface area contributed by atoms with Gasteiger partial charge in [-0.1, -0.05) is 38.3 Å². The Hall–Kier alpha value is -1.07. The maximum absolute atomic E-state index is 10.7. The summed E-state index contributed by atoms with van der Waals surface area (Å²) in [5.74, 6) is 0.497. The Morgan fingerprint density at radius 3 is 2.68 bits per heavy atom. The van der Waals surface area contributed by atoms with Crippen molar-refractivity contribution in [2.75, 3.05) is 12.4 Å². The summed E-state index contributed by atoms with van der Waals surface area (Å²) < 4.78 is 35.7. The first-order valence-electron chi connectivity index (χ1n) is 6.68. The minimum Gasteiger partial charge on any atom is -0.494 e. The molecular formula is C14H22O4S. The molecule has 0 aliphatic carbocycles. The van der Waals surface area contributed by atoms with Gasteiger partial charge in [0.2, 0.25) is 0 Å². The van der Waals surface area contributed by atoms with Gasteiger partial charge in [-0.25, -0.2) is 0 Å². The van der Waals surface area contributed by atoms with E-state index in [4.69, 9.17) is 9.29 Å². The average molecular weight is 286 g/mol. The second kappa shape index (κ2) is 8.17. The fourth-order valence-electron chi connectivity index (χ4n) is 1.76. The van der Waals surface area contributed by atoms with Gasteiger partial charge >= 0.3 is 0 Å². The molecule has 0 aliphatic heterocycles. The first kappa shape index (κ1) is 16.0. The number of aryl methyl sites for hydroxylation is 1. The summed E-state index contributed by atoms with van der Waals surface area (Å²) in [6.45, 7) is 2.85. The van der Waals surface area contributed by atoms with E-state index in [-0.39, 0.29) is 5.75 Å². The maximum atomic E-state index is 10.7. The lowest BCUT2D eigenvalue weighted by Crippen LogP contribution is -2.06. The van der Waals surface area contributed by atoms with Gasteiger partial charge in [-0.2, -0.15) is 8.42 Å². The molecule has 1 aromatic carbocycles. The molecule has 0 fully saturated rings. The molecule has 0 saturated heterocycles. The predicted molar refractivity (Wildman–Crippen MR) is 76.2 cm³/mol. The molecule has 0 aromatic heterocycles. The number of hydrogen-bond acceptors (Lipinski definition) is 3. The molecule has 4 nitrogen and oxygen atoms in total. The molecule has 0 aliphatic rings.